The van der Waals surface area contributed by atoms with Gasteiger partial charge in [0.2, 0.25) is 5.91 Å². The fraction of sp³-hybridized carbons (Fsp3) is 0.833. The summed E-state index contributed by atoms with van der Waals surface area (Å²) in [4.78, 5) is 24.1. The molecule has 0 aliphatic heterocycles. The third kappa shape index (κ3) is 6.26. The summed E-state index contributed by atoms with van der Waals surface area (Å²) in [6, 6.07) is 0. The minimum atomic E-state index is -0.899. The average Bonchev–Trinajstić information content (AvgIpc) is 2.31. The van der Waals surface area contributed by atoms with Crippen LogP contribution in [0.1, 0.15) is 26.7 Å². The lowest BCUT2D eigenvalue weighted by Crippen LogP contribution is -2.50. The van der Waals surface area contributed by atoms with Gasteiger partial charge in [-0.3, -0.25) is 9.59 Å². The van der Waals surface area contributed by atoms with Gasteiger partial charge in [0.25, 0.3) is 0 Å². The molecule has 1 amide bonds. The zero-order valence-corrected chi connectivity index (χ0v) is 12.5. The van der Waals surface area contributed by atoms with Gasteiger partial charge in [0.15, 0.2) is 0 Å². The predicted molar refractivity (Wildman–Crippen MR) is 75.0 cm³/mol. The number of carbonyl (C=O) groups excluding carboxylic acids is 1. The number of nitrogens with zero attached hydrogens (tertiary/aromatic N) is 1. The second kappa shape index (κ2) is 8.37. The third-order valence-corrected chi connectivity index (χ3v) is 3.65. The highest BCUT2D eigenvalue weighted by Gasteiger charge is 2.31. The molecule has 0 spiro atoms. The number of hydrogen-bond acceptors (Lipinski definition) is 4. The van der Waals surface area contributed by atoms with E-state index in [9.17, 15) is 14.7 Å². The molecule has 2 N–H and O–H groups in total. The van der Waals surface area contributed by atoms with Gasteiger partial charge in [0.1, 0.15) is 5.54 Å². The van der Waals surface area contributed by atoms with Gasteiger partial charge in [-0.2, -0.15) is 11.8 Å². The number of aliphatic carboxylic acids is 1. The lowest BCUT2D eigenvalue weighted by molar-refractivity contribution is -0.144. The number of thioether (sulfide) groups is 1. The van der Waals surface area contributed by atoms with Crippen molar-refractivity contribution in [2.45, 2.75) is 32.2 Å². The Hall–Kier alpha value is -0.750. The van der Waals surface area contributed by atoms with E-state index in [0.717, 1.165) is 6.42 Å². The Morgan fingerprint density at radius 3 is 2.44 bits per heavy atom. The summed E-state index contributed by atoms with van der Waals surface area (Å²) >= 11 is 1.47. The smallest absolute Gasteiger partial charge is 0.323 e. The first-order chi connectivity index (χ1) is 8.33. The zero-order chi connectivity index (χ0) is 14.2. The highest BCUT2D eigenvalue weighted by molar-refractivity contribution is 7.99. The molecule has 1 atom stereocenters. The number of nitrogens with one attached hydrogen (secondary N) is 1. The fourth-order valence-corrected chi connectivity index (χ4v) is 2.37. The van der Waals surface area contributed by atoms with Crippen LogP contribution in [0, 0.1) is 0 Å². The normalized spacial score (nSPS) is 14.0. The molecule has 0 aromatic carbocycles. The molecule has 0 fully saturated rings. The molecule has 106 valence electrons. The van der Waals surface area contributed by atoms with E-state index < -0.39 is 11.5 Å². The van der Waals surface area contributed by atoms with Crippen molar-refractivity contribution in [1.82, 2.24) is 10.2 Å². The van der Waals surface area contributed by atoms with Crippen molar-refractivity contribution in [2.24, 2.45) is 0 Å². The number of carbonyl (C=O) groups is 2. The van der Waals surface area contributed by atoms with Crippen molar-refractivity contribution in [3.05, 3.63) is 0 Å². The first-order valence-corrected chi connectivity index (χ1v) is 7.25. The Labute approximate surface area is 113 Å². The number of hydrogen-bond donors (Lipinski definition) is 2. The second-order valence-corrected chi connectivity index (χ2v) is 5.76. The van der Waals surface area contributed by atoms with Crippen molar-refractivity contribution >= 4 is 23.6 Å². The van der Waals surface area contributed by atoms with Gasteiger partial charge in [-0.05, 0) is 32.1 Å². The van der Waals surface area contributed by atoms with E-state index in [1.54, 1.807) is 25.9 Å². The van der Waals surface area contributed by atoms with Crippen LogP contribution in [-0.4, -0.2) is 59.6 Å². The van der Waals surface area contributed by atoms with Crippen molar-refractivity contribution < 1.29 is 14.7 Å². The summed E-state index contributed by atoms with van der Waals surface area (Å²) in [7, 11) is 3.43. The molecule has 5 nitrogen and oxygen atoms in total. The molecule has 0 heterocycles. The average molecular weight is 276 g/mol. The molecule has 0 saturated carbocycles. The summed E-state index contributed by atoms with van der Waals surface area (Å²) < 4.78 is 0. The van der Waals surface area contributed by atoms with Crippen LogP contribution in [0.25, 0.3) is 0 Å². The van der Waals surface area contributed by atoms with Crippen LogP contribution in [-0.2, 0) is 9.59 Å². The number of carboxylic acids is 1. The van der Waals surface area contributed by atoms with Crippen molar-refractivity contribution in [3.8, 4) is 0 Å². The van der Waals surface area contributed by atoms with E-state index in [1.807, 2.05) is 6.92 Å². The van der Waals surface area contributed by atoms with E-state index in [1.165, 1.54) is 11.8 Å². The number of amides is 1. The Kier molecular flexibility index (Phi) is 8.02. The highest BCUT2D eigenvalue weighted by atomic mass is 32.2. The highest BCUT2D eigenvalue weighted by Crippen LogP contribution is 2.15. The largest absolute Gasteiger partial charge is 0.480 e. The predicted octanol–water partition coefficient (Wildman–Crippen LogP) is 1.04. The van der Waals surface area contributed by atoms with Gasteiger partial charge < -0.3 is 15.3 Å². The standard InChI is InChI=1S/C12H24N2O3S/c1-5-7-13-12(2,11(16)17)6-8-18-9-10(15)14(3)4/h13H,5-9H2,1-4H3,(H,16,17). The molecule has 0 aromatic heterocycles. The molecular formula is C12H24N2O3S. The Bertz CT molecular complexity index is 284. The van der Waals surface area contributed by atoms with E-state index >= 15 is 0 Å². The first kappa shape index (κ1) is 17.2. The van der Waals surface area contributed by atoms with Crippen LogP contribution in [0.3, 0.4) is 0 Å². The van der Waals surface area contributed by atoms with E-state index in [-0.39, 0.29) is 5.91 Å². The quantitative estimate of drug-likeness (QED) is 0.616. The minimum absolute atomic E-state index is 0.0542. The van der Waals surface area contributed by atoms with Gasteiger partial charge in [-0.15, -0.1) is 0 Å². The van der Waals surface area contributed by atoms with Crippen LogP contribution in [0.5, 0.6) is 0 Å². The Balaban J connectivity index is 4.05. The molecule has 0 saturated heterocycles. The van der Waals surface area contributed by atoms with Crippen LogP contribution in [0.4, 0.5) is 0 Å². The molecule has 0 bridgehead atoms. The van der Waals surface area contributed by atoms with Crippen molar-refractivity contribution in [1.29, 1.82) is 0 Å². The molecule has 0 rings (SSSR count). The lowest BCUT2D eigenvalue weighted by atomic mass is 9.99. The topological polar surface area (TPSA) is 69.6 Å². The summed E-state index contributed by atoms with van der Waals surface area (Å²) in [5, 5.41) is 12.3. The Morgan fingerprint density at radius 1 is 1.39 bits per heavy atom. The SMILES string of the molecule is CCCNC(C)(CCSCC(=O)N(C)C)C(=O)O. The summed E-state index contributed by atoms with van der Waals surface area (Å²) in [6.07, 6.45) is 1.41. The van der Waals surface area contributed by atoms with E-state index in [2.05, 4.69) is 5.32 Å². The summed E-state index contributed by atoms with van der Waals surface area (Å²) in [6.45, 7) is 4.38. The minimum Gasteiger partial charge on any atom is -0.480 e. The van der Waals surface area contributed by atoms with Crippen LogP contribution >= 0.6 is 11.8 Å². The summed E-state index contributed by atoms with van der Waals surface area (Å²) in [5.41, 5.74) is -0.899. The maximum absolute atomic E-state index is 11.3. The monoisotopic (exact) mass is 276 g/mol. The van der Waals surface area contributed by atoms with Crippen LogP contribution < -0.4 is 5.32 Å². The van der Waals surface area contributed by atoms with Crippen molar-refractivity contribution in [2.75, 3.05) is 32.1 Å². The number of carboxylic acid groups (broad SMARTS) is 1. The molecule has 18 heavy (non-hydrogen) atoms. The second-order valence-electron chi connectivity index (χ2n) is 4.65. The maximum atomic E-state index is 11.3. The third-order valence-electron chi connectivity index (χ3n) is 2.71. The molecule has 0 aromatic rings. The van der Waals surface area contributed by atoms with Gasteiger partial charge in [-0.1, -0.05) is 6.92 Å². The molecule has 0 aliphatic rings. The summed E-state index contributed by atoms with van der Waals surface area (Å²) in [5.74, 6) is 0.268. The molecule has 0 aliphatic carbocycles. The molecule has 0 radical (unpaired) electrons. The van der Waals surface area contributed by atoms with Gasteiger partial charge >= 0.3 is 5.97 Å². The molecular weight excluding hydrogens is 252 g/mol. The van der Waals surface area contributed by atoms with Gasteiger partial charge in [0.05, 0.1) is 5.75 Å². The van der Waals surface area contributed by atoms with Gasteiger partial charge in [0, 0.05) is 14.1 Å². The Morgan fingerprint density at radius 2 is 2.00 bits per heavy atom. The fourth-order valence-electron chi connectivity index (χ4n) is 1.24. The number of rotatable bonds is 9. The lowest BCUT2D eigenvalue weighted by Gasteiger charge is -2.26. The first-order valence-electron chi connectivity index (χ1n) is 6.10. The van der Waals surface area contributed by atoms with E-state index in [4.69, 9.17) is 0 Å². The molecule has 1 unspecified atom stereocenters. The van der Waals surface area contributed by atoms with Crippen LogP contribution in [0.15, 0.2) is 0 Å². The van der Waals surface area contributed by atoms with Crippen LogP contribution in [0.2, 0.25) is 0 Å². The zero-order valence-electron chi connectivity index (χ0n) is 11.7. The van der Waals surface area contributed by atoms with Gasteiger partial charge in [-0.25, -0.2) is 0 Å². The maximum Gasteiger partial charge on any atom is 0.323 e. The van der Waals surface area contributed by atoms with Crippen molar-refractivity contribution in [3.63, 3.8) is 0 Å². The molecule has 6 heteroatoms. The van der Waals surface area contributed by atoms with E-state index in [0.29, 0.717) is 24.5 Å².